The predicted molar refractivity (Wildman–Crippen MR) is 104 cm³/mol. The Balaban J connectivity index is 1.71. The Labute approximate surface area is 161 Å². The van der Waals surface area contributed by atoms with Gasteiger partial charge in [0.2, 0.25) is 5.91 Å². The van der Waals surface area contributed by atoms with Crippen molar-refractivity contribution in [2.75, 3.05) is 32.6 Å². The number of nitriles is 1. The first-order chi connectivity index (χ1) is 12.7. The molecule has 1 N–H and O–H groups in total. The van der Waals surface area contributed by atoms with Crippen LogP contribution in [0.2, 0.25) is 0 Å². The minimum Gasteiger partial charge on any atom is -0.493 e. The molecule has 1 aliphatic carbocycles. The number of amides is 1. The molecule has 1 saturated carbocycles. The molecule has 1 saturated heterocycles. The van der Waals surface area contributed by atoms with Gasteiger partial charge >= 0.3 is 0 Å². The number of hydrogen-bond donors (Lipinski definition) is 1. The quantitative estimate of drug-likeness (QED) is 0.858. The van der Waals surface area contributed by atoms with Gasteiger partial charge in [-0.05, 0) is 36.6 Å². The van der Waals surface area contributed by atoms with Crippen LogP contribution in [0.4, 0.5) is 5.69 Å². The van der Waals surface area contributed by atoms with E-state index in [4.69, 9.17) is 9.47 Å². The van der Waals surface area contributed by atoms with E-state index in [-0.39, 0.29) is 5.91 Å². The maximum Gasteiger partial charge on any atom is 0.238 e. The van der Waals surface area contributed by atoms with Crippen molar-refractivity contribution in [3.63, 3.8) is 0 Å². The van der Waals surface area contributed by atoms with Crippen LogP contribution in [0.1, 0.15) is 45.6 Å². The third-order valence-corrected chi connectivity index (χ3v) is 6.80. The number of ether oxygens (including phenoxy) is 2. The fraction of sp³-hybridized carbons (Fsp3) is 0.619. The molecule has 0 spiro atoms. The Hall–Kier alpha value is -2.26. The lowest BCUT2D eigenvalue weighted by molar-refractivity contribution is -0.118. The fourth-order valence-corrected chi connectivity index (χ4v) is 4.63. The van der Waals surface area contributed by atoms with E-state index in [2.05, 4.69) is 37.1 Å². The molecular formula is C21H29N3O3. The maximum atomic E-state index is 12.7. The van der Waals surface area contributed by atoms with E-state index in [9.17, 15) is 10.1 Å². The number of anilines is 1. The molecule has 1 aromatic rings. The number of benzene rings is 1. The molecule has 2 unspecified atom stereocenters. The van der Waals surface area contributed by atoms with E-state index >= 15 is 0 Å². The van der Waals surface area contributed by atoms with Crippen molar-refractivity contribution in [1.82, 2.24) is 4.90 Å². The molecule has 3 rings (SSSR count). The highest BCUT2D eigenvalue weighted by Gasteiger charge is 2.53. The molecule has 1 heterocycles. The number of likely N-dealkylation sites (tertiary alicyclic amines) is 1. The zero-order valence-corrected chi connectivity index (χ0v) is 16.9. The van der Waals surface area contributed by atoms with Crippen LogP contribution in [0.5, 0.6) is 11.5 Å². The van der Waals surface area contributed by atoms with Crippen molar-refractivity contribution in [3.05, 3.63) is 17.7 Å². The Morgan fingerprint density at radius 1 is 1.26 bits per heavy atom. The number of carbonyl (C=O) groups excluding carboxylic acids is 1. The van der Waals surface area contributed by atoms with Gasteiger partial charge in [0.1, 0.15) is 6.07 Å². The summed E-state index contributed by atoms with van der Waals surface area (Å²) in [6, 6.07) is 5.78. The van der Waals surface area contributed by atoms with Gasteiger partial charge in [-0.1, -0.05) is 20.8 Å². The lowest BCUT2D eigenvalue weighted by Crippen LogP contribution is -2.45. The van der Waals surface area contributed by atoms with Crippen molar-refractivity contribution in [3.8, 4) is 17.6 Å². The zero-order chi connectivity index (χ0) is 19.8. The topological polar surface area (TPSA) is 74.6 Å². The van der Waals surface area contributed by atoms with Crippen LogP contribution in [-0.2, 0) is 4.79 Å². The van der Waals surface area contributed by atoms with Crippen molar-refractivity contribution in [1.29, 1.82) is 5.26 Å². The molecule has 2 aliphatic rings. The summed E-state index contributed by atoms with van der Waals surface area (Å²) in [5.74, 6) is 0.848. The first kappa shape index (κ1) is 19.5. The number of nitrogens with zero attached hydrogens (tertiary/aromatic N) is 2. The molecule has 1 amide bonds. The van der Waals surface area contributed by atoms with Crippen molar-refractivity contribution in [2.45, 2.75) is 46.1 Å². The molecule has 0 radical (unpaired) electrons. The van der Waals surface area contributed by atoms with Gasteiger partial charge in [0.15, 0.2) is 11.5 Å². The molecule has 2 bridgehead atoms. The molecule has 146 valence electrons. The normalized spacial score (nSPS) is 26.3. The van der Waals surface area contributed by atoms with Gasteiger partial charge in [0.25, 0.3) is 0 Å². The van der Waals surface area contributed by atoms with Crippen LogP contribution >= 0.6 is 0 Å². The zero-order valence-electron chi connectivity index (χ0n) is 16.9. The van der Waals surface area contributed by atoms with Crippen molar-refractivity contribution in [2.24, 2.45) is 10.8 Å². The number of fused-ring (bicyclic) bond motifs is 2. The smallest absolute Gasteiger partial charge is 0.238 e. The summed E-state index contributed by atoms with van der Waals surface area (Å²) < 4.78 is 10.5. The first-order valence-corrected chi connectivity index (χ1v) is 9.43. The molecular weight excluding hydrogens is 342 g/mol. The van der Waals surface area contributed by atoms with Gasteiger partial charge in [0, 0.05) is 18.2 Å². The van der Waals surface area contributed by atoms with Gasteiger partial charge in [-0.25, -0.2) is 0 Å². The SMILES string of the molecule is COc1cc(C#N)c(NC(=O)CN2CCC3(C)CC2CC3(C)C)cc1OC. The van der Waals surface area contributed by atoms with Crippen LogP contribution in [0.3, 0.4) is 0 Å². The molecule has 0 aromatic heterocycles. The number of carbonyl (C=O) groups is 1. The monoisotopic (exact) mass is 371 g/mol. The van der Waals surface area contributed by atoms with Crippen LogP contribution in [0.15, 0.2) is 12.1 Å². The average Bonchev–Trinajstić information content (AvgIpc) is 2.82. The highest BCUT2D eigenvalue weighted by atomic mass is 16.5. The van der Waals surface area contributed by atoms with E-state index in [1.165, 1.54) is 14.2 Å². The number of hydrogen-bond acceptors (Lipinski definition) is 5. The summed E-state index contributed by atoms with van der Waals surface area (Å²) in [6.45, 7) is 8.36. The first-order valence-electron chi connectivity index (χ1n) is 9.43. The highest BCUT2D eigenvalue weighted by Crippen LogP contribution is 2.58. The van der Waals surface area contributed by atoms with E-state index in [0.717, 1.165) is 25.8 Å². The Morgan fingerprint density at radius 2 is 1.93 bits per heavy atom. The van der Waals surface area contributed by atoms with Crippen LogP contribution in [0, 0.1) is 22.2 Å². The minimum absolute atomic E-state index is 0.105. The van der Waals surface area contributed by atoms with Crippen LogP contribution in [-0.4, -0.2) is 44.2 Å². The molecule has 1 aliphatic heterocycles. The van der Waals surface area contributed by atoms with E-state index < -0.39 is 0 Å². The third kappa shape index (κ3) is 3.49. The van der Waals surface area contributed by atoms with E-state index in [1.807, 2.05) is 0 Å². The number of piperidine rings is 1. The van der Waals surface area contributed by atoms with Gasteiger partial charge in [-0.3, -0.25) is 9.69 Å². The largest absolute Gasteiger partial charge is 0.493 e. The Kier molecular flexibility index (Phi) is 5.09. The summed E-state index contributed by atoms with van der Waals surface area (Å²) >= 11 is 0. The molecule has 1 aromatic carbocycles. The second-order valence-electron chi connectivity index (χ2n) is 8.64. The van der Waals surface area contributed by atoms with Crippen molar-refractivity contribution < 1.29 is 14.3 Å². The van der Waals surface area contributed by atoms with Gasteiger partial charge < -0.3 is 14.8 Å². The molecule has 6 nitrogen and oxygen atoms in total. The molecule has 6 heteroatoms. The van der Waals surface area contributed by atoms with Crippen molar-refractivity contribution >= 4 is 11.6 Å². The van der Waals surface area contributed by atoms with E-state index in [0.29, 0.717) is 46.2 Å². The summed E-state index contributed by atoms with van der Waals surface area (Å²) in [4.78, 5) is 15.0. The minimum atomic E-state index is -0.105. The second kappa shape index (κ2) is 7.05. The summed E-state index contributed by atoms with van der Waals surface area (Å²) in [5.41, 5.74) is 1.48. The van der Waals surface area contributed by atoms with Gasteiger partial charge in [-0.2, -0.15) is 5.26 Å². The van der Waals surface area contributed by atoms with Gasteiger partial charge in [0.05, 0.1) is 32.0 Å². The molecule has 2 fully saturated rings. The van der Waals surface area contributed by atoms with Crippen LogP contribution in [0.25, 0.3) is 0 Å². The Morgan fingerprint density at radius 3 is 2.56 bits per heavy atom. The lowest BCUT2D eigenvalue weighted by atomic mass is 9.67. The maximum absolute atomic E-state index is 12.7. The van der Waals surface area contributed by atoms with Crippen LogP contribution < -0.4 is 14.8 Å². The summed E-state index contributed by atoms with van der Waals surface area (Å²) in [6.07, 6.45) is 3.38. The predicted octanol–water partition coefficient (Wildman–Crippen LogP) is 3.41. The molecule has 27 heavy (non-hydrogen) atoms. The van der Waals surface area contributed by atoms with E-state index in [1.54, 1.807) is 12.1 Å². The number of rotatable bonds is 5. The fourth-order valence-electron chi connectivity index (χ4n) is 4.63. The summed E-state index contributed by atoms with van der Waals surface area (Å²) in [5, 5.41) is 12.3. The third-order valence-electron chi connectivity index (χ3n) is 6.80. The number of methoxy groups -OCH3 is 2. The average molecular weight is 371 g/mol. The highest BCUT2D eigenvalue weighted by molar-refractivity contribution is 5.94. The second-order valence-corrected chi connectivity index (χ2v) is 8.64. The van der Waals surface area contributed by atoms with Gasteiger partial charge in [-0.15, -0.1) is 0 Å². The molecule has 2 atom stereocenters. The number of nitrogens with one attached hydrogen (secondary N) is 1. The lowest BCUT2D eigenvalue weighted by Gasteiger charge is -2.41. The summed E-state index contributed by atoms with van der Waals surface area (Å²) in [7, 11) is 3.05. The standard InChI is InChI=1S/C21H29N3O3/c1-20(2)10-15-11-21(20,3)6-7-24(15)13-19(25)23-16-9-18(27-5)17(26-4)8-14(16)12-22/h8-9,15H,6-7,10-11,13H2,1-5H3,(H,23,25). The Bertz CT molecular complexity index is 782.